The van der Waals surface area contributed by atoms with Crippen LogP contribution in [0.4, 0.5) is 0 Å². The van der Waals surface area contributed by atoms with Crippen LogP contribution in [0.2, 0.25) is 0 Å². The molecule has 4 nitrogen and oxygen atoms in total. The number of nitrogens with one attached hydrogen (secondary N) is 1. The molecule has 1 fully saturated rings. The van der Waals surface area contributed by atoms with E-state index < -0.39 is 5.54 Å². The Kier molecular flexibility index (Phi) is 6.65. The minimum atomic E-state index is -0.563. The van der Waals surface area contributed by atoms with Crippen LogP contribution < -0.4 is 11.1 Å². The summed E-state index contributed by atoms with van der Waals surface area (Å²) in [5, 5.41) is 3.25. The van der Waals surface area contributed by atoms with Crippen LogP contribution in [0.25, 0.3) is 0 Å². The first-order valence-corrected chi connectivity index (χ1v) is 7.25. The molecular weight excluding hydrogens is 228 g/mol. The van der Waals surface area contributed by atoms with E-state index >= 15 is 0 Å². The fraction of sp³-hybridized carbons (Fsp3) is 0.929. The van der Waals surface area contributed by atoms with E-state index in [1.54, 1.807) is 0 Å². The molecule has 0 heterocycles. The highest BCUT2D eigenvalue weighted by atomic mass is 16.5. The van der Waals surface area contributed by atoms with Crippen molar-refractivity contribution in [3.8, 4) is 0 Å². The van der Waals surface area contributed by atoms with E-state index in [0.29, 0.717) is 6.10 Å². The molecule has 0 aromatic heterocycles. The number of rotatable bonds is 10. The molecule has 0 radical (unpaired) electrons. The number of unbranched alkanes of at least 4 members (excludes halogenated alkanes) is 1. The van der Waals surface area contributed by atoms with Crippen molar-refractivity contribution in [2.24, 2.45) is 5.73 Å². The Bertz CT molecular complexity index is 254. The molecule has 1 aliphatic carbocycles. The van der Waals surface area contributed by atoms with Gasteiger partial charge in [0, 0.05) is 6.61 Å². The highest BCUT2D eigenvalue weighted by Gasteiger charge is 2.29. The maximum atomic E-state index is 11.5. The number of hydrogen-bond donors (Lipinski definition) is 2. The van der Waals surface area contributed by atoms with Crippen molar-refractivity contribution < 1.29 is 9.53 Å². The van der Waals surface area contributed by atoms with Crippen molar-refractivity contribution in [1.29, 1.82) is 0 Å². The van der Waals surface area contributed by atoms with E-state index in [1.165, 1.54) is 19.3 Å². The third kappa shape index (κ3) is 4.94. The van der Waals surface area contributed by atoms with E-state index in [4.69, 9.17) is 10.5 Å². The Morgan fingerprint density at radius 1 is 1.44 bits per heavy atom. The van der Waals surface area contributed by atoms with Gasteiger partial charge in [-0.25, -0.2) is 0 Å². The first kappa shape index (κ1) is 15.4. The van der Waals surface area contributed by atoms with E-state index in [2.05, 4.69) is 12.2 Å². The SMILES string of the molecule is CCCNC(C)(CCCCOC1CCC1)C(N)=O. The Balaban J connectivity index is 2.13. The highest BCUT2D eigenvalue weighted by molar-refractivity contribution is 5.84. The summed E-state index contributed by atoms with van der Waals surface area (Å²) in [5.74, 6) is -0.254. The molecule has 4 heteroatoms. The molecular formula is C14H28N2O2. The highest BCUT2D eigenvalue weighted by Crippen LogP contribution is 2.22. The van der Waals surface area contributed by atoms with Crippen LogP contribution in [0, 0.1) is 0 Å². The van der Waals surface area contributed by atoms with Gasteiger partial charge in [0.05, 0.1) is 11.6 Å². The second-order valence-electron chi connectivity index (χ2n) is 5.50. The largest absolute Gasteiger partial charge is 0.378 e. The van der Waals surface area contributed by atoms with Crippen LogP contribution in [0.1, 0.15) is 58.8 Å². The molecule has 0 bridgehead atoms. The van der Waals surface area contributed by atoms with Gasteiger partial charge in [0.1, 0.15) is 0 Å². The third-order valence-electron chi connectivity index (χ3n) is 3.79. The molecule has 18 heavy (non-hydrogen) atoms. The predicted octanol–water partition coefficient (Wildman–Crippen LogP) is 1.97. The van der Waals surface area contributed by atoms with E-state index in [1.807, 2.05) is 6.92 Å². The van der Waals surface area contributed by atoms with Crippen LogP contribution in [0.15, 0.2) is 0 Å². The number of amides is 1. The number of ether oxygens (including phenoxy) is 1. The molecule has 0 spiro atoms. The molecule has 0 saturated heterocycles. The van der Waals surface area contributed by atoms with Crippen LogP contribution in [-0.4, -0.2) is 30.7 Å². The molecule has 0 aromatic carbocycles. The summed E-state index contributed by atoms with van der Waals surface area (Å²) in [6, 6.07) is 0. The molecule has 0 aromatic rings. The van der Waals surface area contributed by atoms with Crippen molar-refractivity contribution in [1.82, 2.24) is 5.32 Å². The lowest BCUT2D eigenvalue weighted by Crippen LogP contribution is -2.53. The second-order valence-corrected chi connectivity index (χ2v) is 5.50. The number of nitrogens with two attached hydrogens (primary N) is 1. The maximum absolute atomic E-state index is 11.5. The number of carbonyl (C=O) groups is 1. The molecule has 1 amide bonds. The van der Waals surface area contributed by atoms with Crippen LogP contribution in [0.5, 0.6) is 0 Å². The van der Waals surface area contributed by atoms with Gasteiger partial charge in [-0.2, -0.15) is 0 Å². The first-order chi connectivity index (χ1) is 8.58. The molecule has 1 saturated carbocycles. The number of primary amides is 1. The van der Waals surface area contributed by atoms with Gasteiger partial charge in [0.25, 0.3) is 0 Å². The lowest BCUT2D eigenvalue weighted by atomic mass is 9.93. The Labute approximate surface area is 111 Å². The van der Waals surface area contributed by atoms with Crippen molar-refractivity contribution in [3.63, 3.8) is 0 Å². The van der Waals surface area contributed by atoms with E-state index in [-0.39, 0.29) is 5.91 Å². The average molecular weight is 256 g/mol. The minimum absolute atomic E-state index is 0.254. The standard InChI is InChI=1S/C14H28N2O2/c1-3-10-16-14(2,13(15)17)9-4-5-11-18-12-7-6-8-12/h12,16H,3-11H2,1-2H3,(H2,15,17). The van der Waals surface area contributed by atoms with Crippen molar-refractivity contribution >= 4 is 5.91 Å². The lowest BCUT2D eigenvalue weighted by Gasteiger charge is -2.28. The molecule has 1 unspecified atom stereocenters. The summed E-state index contributed by atoms with van der Waals surface area (Å²) in [7, 11) is 0. The van der Waals surface area contributed by atoms with Gasteiger partial charge in [0.15, 0.2) is 0 Å². The minimum Gasteiger partial charge on any atom is -0.378 e. The van der Waals surface area contributed by atoms with Gasteiger partial charge in [-0.15, -0.1) is 0 Å². The summed E-state index contributed by atoms with van der Waals surface area (Å²) in [4.78, 5) is 11.5. The van der Waals surface area contributed by atoms with Crippen LogP contribution in [0.3, 0.4) is 0 Å². The van der Waals surface area contributed by atoms with Crippen LogP contribution in [-0.2, 0) is 9.53 Å². The van der Waals surface area contributed by atoms with Crippen molar-refractivity contribution in [2.75, 3.05) is 13.2 Å². The van der Waals surface area contributed by atoms with Gasteiger partial charge in [-0.1, -0.05) is 6.92 Å². The fourth-order valence-electron chi connectivity index (χ4n) is 2.07. The van der Waals surface area contributed by atoms with Gasteiger partial charge in [-0.3, -0.25) is 4.79 Å². The van der Waals surface area contributed by atoms with Gasteiger partial charge in [-0.05, 0) is 58.4 Å². The van der Waals surface area contributed by atoms with Crippen molar-refractivity contribution in [2.45, 2.75) is 70.4 Å². The summed E-state index contributed by atoms with van der Waals surface area (Å²) < 4.78 is 5.70. The predicted molar refractivity (Wildman–Crippen MR) is 73.3 cm³/mol. The second kappa shape index (κ2) is 7.74. The molecule has 3 N–H and O–H groups in total. The summed E-state index contributed by atoms with van der Waals surface area (Å²) in [6.07, 6.45) is 8.03. The normalized spacial score (nSPS) is 19.2. The quantitative estimate of drug-likeness (QED) is 0.587. The Hall–Kier alpha value is -0.610. The monoisotopic (exact) mass is 256 g/mol. The van der Waals surface area contributed by atoms with Crippen LogP contribution >= 0.6 is 0 Å². The Morgan fingerprint density at radius 3 is 2.67 bits per heavy atom. The zero-order chi connectivity index (χ0) is 13.4. The number of carbonyl (C=O) groups excluding carboxylic acids is 1. The first-order valence-electron chi connectivity index (χ1n) is 7.25. The summed E-state index contributed by atoms with van der Waals surface area (Å²) >= 11 is 0. The molecule has 1 atom stereocenters. The maximum Gasteiger partial charge on any atom is 0.237 e. The third-order valence-corrected chi connectivity index (χ3v) is 3.79. The molecule has 106 valence electrons. The average Bonchev–Trinajstić information content (AvgIpc) is 2.28. The van der Waals surface area contributed by atoms with Gasteiger partial charge < -0.3 is 15.8 Å². The topological polar surface area (TPSA) is 64.3 Å². The lowest BCUT2D eigenvalue weighted by molar-refractivity contribution is -0.124. The summed E-state index contributed by atoms with van der Waals surface area (Å²) in [6.45, 7) is 5.63. The fourth-order valence-corrected chi connectivity index (χ4v) is 2.07. The molecule has 1 rings (SSSR count). The molecule has 1 aliphatic rings. The zero-order valence-electron chi connectivity index (χ0n) is 11.8. The van der Waals surface area contributed by atoms with E-state index in [9.17, 15) is 4.79 Å². The van der Waals surface area contributed by atoms with Gasteiger partial charge in [0.2, 0.25) is 5.91 Å². The number of hydrogen-bond acceptors (Lipinski definition) is 3. The molecule has 0 aliphatic heterocycles. The summed E-state index contributed by atoms with van der Waals surface area (Å²) in [5.41, 5.74) is 4.91. The van der Waals surface area contributed by atoms with E-state index in [0.717, 1.165) is 38.8 Å². The van der Waals surface area contributed by atoms with Gasteiger partial charge >= 0.3 is 0 Å². The Morgan fingerprint density at radius 2 is 2.17 bits per heavy atom. The van der Waals surface area contributed by atoms with Crippen molar-refractivity contribution in [3.05, 3.63) is 0 Å². The smallest absolute Gasteiger partial charge is 0.237 e. The zero-order valence-corrected chi connectivity index (χ0v) is 11.8.